The Kier molecular flexibility index (Phi) is 6.89. The minimum absolute atomic E-state index is 0.180. The Hall–Kier alpha value is -4.21. The van der Waals surface area contributed by atoms with Gasteiger partial charge >= 0.3 is 6.03 Å². The molecule has 2 aromatic carbocycles. The summed E-state index contributed by atoms with van der Waals surface area (Å²) in [6, 6.07) is 19.0. The first-order chi connectivity index (χ1) is 18.0. The van der Waals surface area contributed by atoms with Crippen LogP contribution >= 0.6 is 0 Å². The number of β-amino-alcohol motifs (C(OH)–C–C–N with tert-alkyl or cyclic N) is 1. The maximum absolute atomic E-state index is 12.9. The fraction of sp³-hybridized carbons (Fsp3) is 0.250. The first-order valence-corrected chi connectivity index (χ1v) is 12.2. The zero-order valence-corrected chi connectivity index (χ0v) is 20.9. The molecule has 3 heterocycles. The number of carbonyl (C=O) groups is 2. The lowest BCUT2D eigenvalue weighted by atomic mass is 9.91. The van der Waals surface area contributed by atoms with E-state index >= 15 is 0 Å². The van der Waals surface area contributed by atoms with Crippen LogP contribution in [0.25, 0.3) is 10.9 Å². The number of amides is 2. The van der Waals surface area contributed by atoms with E-state index in [4.69, 9.17) is 5.11 Å². The summed E-state index contributed by atoms with van der Waals surface area (Å²) >= 11 is 0. The average molecular weight is 499 g/mol. The Bertz CT molecular complexity index is 1430. The Balaban J connectivity index is 1.26. The van der Waals surface area contributed by atoms with Gasteiger partial charge in [-0.2, -0.15) is 0 Å². The van der Waals surface area contributed by atoms with Crippen molar-refractivity contribution in [3.05, 3.63) is 84.2 Å². The lowest BCUT2D eigenvalue weighted by molar-refractivity contribution is 0.102. The van der Waals surface area contributed by atoms with Crippen LogP contribution in [0.2, 0.25) is 0 Å². The number of aliphatic hydroxyl groups excluding tert-OH is 1. The van der Waals surface area contributed by atoms with E-state index in [0.29, 0.717) is 23.8 Å². The number of aromatic nitrogens is 2. The van der Waals surface area contributed by atoms with Crippen molar-refractivity contribution in [2.45, 2.75) is 5.92 Å². The van der Waals surface area contributed by atoms with E-state index in [-0.39, 0.29) is 18.5 Å². The summed E-state index contributed by atoms with van der Waals surface area (Å²) in [4.78, 5) is 33.4. The molecule has 190 valence electrons. The lowest BCUT2D eigenvalue weighted by Gasteiger charge is -2.39. The Morgan fingerprint density at radius 3 is 2.54 bits per heavy atom. The maximum atomic E-state index is 12.9. The van der Waals surface area contributed by atoms with Crippen molar-refractivity contribution in [2.24, 2.45) is 0 Å². The van der Waals surface area contributed by atoms with Crippen LogP contribution in [-0.2, 0) is 0 Å². The highest BCUT2D eigenvalue weighted by Crippen LogP contribution is 2.29. The number of benzene rings is 2. The van der Waals surface area contributed by atoms with Gasteiger partial charge in [-0.25, -0.2) is 9.78 Å². The van der Waals surface area contributed by atoms with Gasteiger partial charge in [-0.05, 0) is 48.0 Å². The van der Waals surface area contributed by atoms with Gasteiger partial charge in [-0.15, -0.1) is 0 Å². The molecule has 9 nitrogen and oxygen atoms in total. The summed E-state index contributed by atoms with van der Waals surface area (Å²) in [5.41, 5.74) is 4.40. The van der Waals surface area contributed by atoms with Crippen molar-refractivity contribution in [3.8, 4) is 0 Å². The maximum Gasteiger partial charge on any atom is 0.325 e. The zero-order valence-electron chi connectivity index (χ0n) is 20.9. The predicted molar refractivity (Wildman–Crippen MR) is 145 cm³/mol. The molecule has 0 atom stereocenters. The minimum atomic E-state index is -0.216. The number of hydrogen-bond donors (Lipinski definition) is 3. The fourth-order valence-corrected chi connectivity index (χ4v) is 4.68. The number of aliphatic hydroxyl groups is 1. The van der Waals surface area contributed by atoms with E-state index in [1.165, 1.54) is 5.56 Å². The topological polar surface area (TPSA) is 103 Å². The van der Waals surface area contributed by atoms with Crippen molar-refractivity contribution >= 4 is 40.0 Å². The average Bonchev–Trinajstić information content (AvgIpc) is 3.33. The van der Waals surface area contributed by atoms with E-state index in [1.807, 2.05) is 72.6 Å². The largest absolute Gasteiger partial charge is 0.395 e. The van der Waals surface area contributed by atoms with Crippen molar-refractivity contribution in [1.29, 1.82) is 0 Å². The van der Waals surface area contributed by atoms with Gasteiger partial charge in [0.05, 0.1) is 12.1 Å². The summed E-state index contributed by atoms with van der Waals surface area (Å²) in [6.45, 7) is 2.75. The van der Waals surface area contributed by atoms with Gasteiger partial charge in [-0.3, -0.25) is 14.3 Å². The van der Waals surface area contributed by atoms with Gasteiger partial charge in [0.1, 0.15) is 5.82 Å². The van der Waals surface area contributed by atoms with Crippen LogP contribution in [0, 0.1) is 0 Å². The molecule has 37 heavy (non-hydrogen) atoms. The van der Waals surface area contributed by atoms with E-state index in [2.05, 4.69) is 20.5 Å². The molecule has 2 amide bonds. The van der Waals surface area contributed by atoms with Crippen molar-refractivity contribution in [1.82, 2.24) is 19.8 Å². The molecule has 3 N–H and O–H groups in total. The van der Waals surface area contributed by atoms with Gasteiger partial charge < -0.3 is 20.6 Å². The van der Waals surface area contributed by atoms with Crippen LogP contribution in [0.15, 0.2) is 73.1 Å². The third-order valence-corrected chi connectivity index (χ3v) is 6.88. The highest BCUT2D eigenvalue weighted by atomic mass is 16.3. The molecule has 4 aromatic rings. The van der Waals surface area contributed by atoms with Crippen LogP contribution in [0.1, 0.15) is 21.8 Å². The first kappa shape index (κ1) is 24.5. The highest BCUT2D eigenvalue weighted by molar-refractivity contribution is 6.04. The number of rotatable bonds is 7. The van der Waals surface area contributed by atoms with Crippen molar-refractivity contribution in [2.75, 3.05) is 50.6 Å². The predicted octanol–water partition coefficient (Wildman–Crippen LogP) is 3.64. The van der Waals surface area contributed by atoms with Crippen LogP contribution < -0.4 is 15.5 Å². The molecule has 1 aliphatic rings. The quantitative estimate of drug-likeness (QED) is 0.360. The molecule has 0 spiro atoms. The molecule has 2 aromatic heterocycles. The number of hydrogen-bond acceptors (Lipinski definition) is 6. The van der Waals surface area contributed by atoms with Crippen LogP contribution in [-0.4, -0.2) is 71.8 Å². The molecule has 0 radical (unpaired) electrons. The van der Waals surface area contributed by atoms with Crippen LogP contribution in [0.4, 0.5) is 22.0 Å². The number of nitrogens with one attached hydrogen (secondary N) is 2. The number of likely N-dealkylation sites (tertiary alicyclic amines) is 1. The highest BCUT2D eigenvalue weighted by Gasteiger charge is 2.27. The SMILES string of the molecule is CNC(=O)n1ccc2cc(N(C)c3ccnc(NC(=O)c4ccc(C5CN(CCO)C5)cc4)c3)ccc21. The fourth-order valence-electron chi connectivity index (χ4n) is 4.68. The number of nitrogens with zero attached hydrogens (tertiary/aromatic N) is 4. The van der Waals surface area contributed by atoms with E-state index < -0.39 is 0 Å². The molecule has 0 saturated carbocycles. The summed E-state index contributed by atoms with van der Waals surface area (Å²) < 4.78 is 1.57. The second kappa shape index (κ2) is 10.4. The van der Waals surface area contributed by atoms with Crippen molar-refractivity contribution in [3.63, 3.8) is 0 Å². The summed E-state index contributed by atoms with van der Waals surface area (Å²) in [7, 11) is 3.55. The molecular weight excluding hydrogens is 468 g/mol. The Morgan fingerprint density at radius 1 is 1.05 bits per heavy atom. The number of pyridine rings is 1. The zero-order chi connectivity index (χ0) is 25.9. The van der Waals surface area contributed by atoms with Crippen molar-refractivity contribution < 1.29 is 14.7 Å². The minimum Gasteiger partial charge on any atom is -0.395 e. The van der Waals surface area contributed by atoms with E-state index in [1.54, 1.807) is 24.0 Å². The van der Waals surface area contributed by atoms with Gasteiger partial charge in [0.15, 0.2) is 0 Å². The standard InChI is InChI=1S/C28H30N6O3/c1-29-28(37)34-12-10-21-15-23(7-8-25(21)34)32(2)24-9-11-30-26(16-24)31-27(36)20-5-3-19(4-6-20)22-17-33(18-22)13-14-35/h3-12,15-16,22,35H,13-14,17-18H2,1-2H3,(H,29,37)(H,30,31,36). The van der Waals surface area contributed by atoms with Gasteiger partial charge in [0.25, 0.3) is 5.91 Å². The molecule has 0 aliphatic carbocycles. The summed E-state index contributed by atoms with van der Waals surface area (Å²) in [5.74, 6) is 0.689. The number of fused-ring (bicyclic) bond motifs is 1. The van der Waals surface area contributed by atoms with Gasteiger partial charge in [0, 0.05) is 80.4 Å². The molecule has 0 bridgehead atoms. The van der Waals surface area contributed by atoms with Gasteiger partial charge in [0.2, 0.25) is 0 Å². The number of carbonyl (C=O) groups excluding carboxylic acids is 2. The summed E-state index contributed by atoms with van der Waals surface area (Å²) in [5, 5.41) is 15.5. The second-order valence-electron chi connectivity index (χ2n) is 9.20. The van der Waals surface area contributed by atoms with Crippen LogP contribution in [0.3, 0.4) is 0 Å². The molecule has 1 aliphatic heterocycles. The normalized spacial score (nSPS) is 13.8. The summed E-state index contributed by atoms with van der Waals surface area (Å²) in [6.07, 6.45) is 3.41. The van der Waals surface area contributed by atoms with E-state index in [0.717, 1.165) is 35.4 Å². The smallest absolute Gasteiger partial charge is 0.325 e. The first-order valence-electron chi connectivity index (χ1n) is 12.2. The van der Waals surface area contributed by atoms with Gasteiger partial charge in [-0.1, -0.05) is 12.1 Å². The molecule has 5 rings (SSSR count). The van der Waals surface area contributed by atoms with E-state index in [9.17, 15) is 9.59 Å². The second-order valence-corrected chi connectivity index (χ2v) is 9.20. The third-order valence-electron chi connectivity index (χ3n) is 6.88. The molecule has 1 fully saturated rings. The Morgan fingerprint density at radius 2 is 1.81 bits per heavy atom. The molecule has 0 unspecified atom stereocenters. The van der Waals surface area contributed by atoms with Crippen LogP contribution in [0.5, 0.6) is 0 Å². The monoisotopic (exact) mass is 498 g/mol. The molecule has 9 heteroatoms. The number of anilines is 3. The molecular formula is C28H30N6O3. The Labute approximate surface area is 215 Å². The third kappa shape index (κ3) is 5.04. The lowest BCUT2D eigenvalue weighted by Crippen LogP contribution is -2.46. The molecule has 1 saturated heterocycles.